The molecule has 2 heteroatoms. The fraction of sp³-hybridized carbons (Fsp3) is 0.0526. The summed E-state index contributed by atoms with van der Waals surface area (Å²) in [6, 6.07) is 19.3. The third-order valence-electron chi connectivity index (χ3n) is 2.98. The van der Waals surface area contributed by atoms with E-state index >= 15 is 0 Å². The highest BCUT2D eigenvalue weighted by atomic mass is 79.9. The molecule has 106 valence electrons. The Hall–Kier alpha value is -1.43. The maximum absolute atomic E-state index is 3.86. The van der Waals surface area contributed by atoms with Crippen LogP contribution in [-0.4, -0.2) is 0 Å². The van der Waals surface area contributed by atoms with E-state index in [1.54, 1.807) is 0 Å². The summed E-state index contributed by atoms with van der Waals surface area (Å²) in [7, 11) is -0.556. The molecule has 0 aliphatic carbocycles. The molecule has 0 radical (unpaired) electrons. The molecule has 1 atom stereocenters. The van der Waals surface area contributed by atoms with Crippen LogP contribution in [0.3, 0.4) is 0 Å². The molecule has 0 amide bonds. The second kappa shape index (κ2) is 8.12. The van der Waals surface area contributed by atoms with Gasteiger partial charge >= 0.3 is 0 Å². The zero-order valence-electron chi connectivity index (χ0n) is 12.0. The van der Waals surface area contributed by atoms with Gasteiger partial charge in [-0.15, -0.1) is 0 Å². The smallest absolute Gasteiger partial charge is 0.0175 e. The average Bonchev–Trinajstić information content (AvgIpc) is 2.51. The first-order chi connectivity index (χ1) is 10.3. The topological polar surface area (TPSA) is 0 Å². The third-order valence-corrected chi connectivity index (χ3v) is 5.96. The minimum atomic E-state index is -0.556. The first kappa shape index (κ1) is 15.9. The van der Waals surface area contributed by atoms with Crippen molar-refractivity contribution in [3.63, 3.8) is 0 Å². The van der Waals surface area contributed by atoms with E-state index in [-0.39, 0.29) is 0 Å². The third kappa shape index (κ3) is 4.27. The molecule has 0 saturated carbocycles. The van der Waals surface area contributed by atoms with Gasteiger partial charge in [0.05, 0.1) is 0 Å². The van der Waals surface area contributed by atoms with Crippen molar-refractivity contribution in [3.8, 4) is 0 Å². The van der Waals surface area contributed by atoms with Gasteiger partial charge < -0.3 is 0 Å². The van der Waals surface area contributed by atoms with E-state index in [1.807, 2.05) is 6.08 Å². The van der Waals surface area contributed by atoms with Gasteiger partial charge in [0, 0.05) is 4.47 Å². The Bertz CT molecular complexity index is 639. The molecule has 0 N–H and O–H groups in total. The highest BCUT2D eigenvalue weighted by molar-refractivity contribution is 9.10. The molecule has 0 fully saturated rings. The predicted octanol–water partition coefficient (Wildman–Crippen LogP) is 5.53. The molecule has 2 rings (SSSR count). The Morgan fingerprint density at radius 2 is 1.62 bits per heavy atom. The molecular weight excluding hydrogens is 339 g/mol. The Kier molecular flexibility index (Phi) is 6.17. The van der Waals surface area contributed by atoms with Gasteiger partial charge in [-0.1, -0.05) is 89.3 Å². The molecular formula is C19H18BrP. The number of halogens is 1. The summed E-state index contributed by atoms with van der Waals surface area (Å²) >= 11 is 3.51. The molecule has 0 aromatic heterocycles. The van der Waals surface area contributed by atoms with E-state index in [2.05, 4.69) is 102 Å². The Balaban J connectivity index is 2.56. The molecule has 0 nitrogen and oxygen atoms in total. The van der Waals surface area contributed by atoms with Crippen molar-refractivity contribution in [2.45, 2.75) is 6.92 Å². The van der Waals surface area contributed by atoms with Crippen molar-refractivity contribution in [3.05, 3.63) is 95.3 Å². The van der Waals surface area contributed by atoms with Gasteiger partial charge in [-0.2, -0.15) is 0 Å². The lowest BCUT2D eigenvalue weighted by Crippen LogP contribution is -2.12. The van der Waals surface area contributed by atoms with E-state index in [0.29, 0.717) is 0 Å². The first-order valence-electron chi connectivity index (χ1n) is 6.82. The van der Waals surface area contributed by atoms with Crippen molar-refractivity contribution >= 4 is 34.5 Å². The Morgan fingerprint density at radius 3 is 2.19 bits per heavy atom. The number of allylic oxidation sites excluding steroid dienone is 5. The standard InChI is InChI=1S/C19H18BrP/c1-3-8-17(9-4-2)21(18-10-6-5-7-11-18)19-14-12-16(20)13-15-19/h3-15H,1H2,2H3/b9-4-,17-8+. The summed E-state index contributed by atoms with van der Waals surface area (Å²) in [4.78, 5) is 0. The Morgan fingerprint density at radius 1 is 1.00 bits per heavy atom. The zero-order valence-corrected chi connectivity index (χ0v) is 14.5. The lowest BCUT2D eigenvalue weighted by atomic mass is 10.4. The average molecular weight is 357 g/mol. The number of rotatable bonds is 5. The molecule has 2 aromatic rings. The van der Waals surface area contributed by atoms with Gasteiger partial charge in [-0.05, 0) is 42.9 Å². The molecule has 0 aliphatic rings. The predicted molar refractivity (Wildman–Crippen MR) is 99.9 cm³/mol. The molecule has 21 heavy (non-hydrogen) atoms. The molecule has 0 spiro atoms. The SMILES string of the molecule is C=C/C=C(\C=C/C)P(c1ccccc1)c1ccc(Br)cc1. The lowest BCUT2D eigenvalue weighted by molar-refractivity contribution is 1.68. The fourth-order valence-corrected chi connectivity index (χ4v) is 4.74. The van der Waals surface area contributed by atoms with Crippen LogP contribution in [0.1, 0.15) is 6.92 Å². The van der Waals surface area contributed by atoms with Gasteiger partial charge in [-0.3, -0.25) is 0 Å². The van der Waals surface area contributed by atoms with E-state index in [4.69, 9.17) is 0 Å². The lowest BCUT2D eigenvalue weighted by Gasteiger charge is -2.20. The molecule has 0 aliphatic heterocycles. The second-order valence-electron chi connectivity index (χ2n) is 4.47. The summed E-state index contributed by atoms with van der Waals surface area (Å²) in [6.07, 6.45) is 8.25. The van der Waals surface area contributed by atoms with Gasteiger partial charge in [-0.25, -0.2) is 0 Å². The van der Waals surface area contributed by atoms with E-state index in [0.717, 1.165) is 4.47 Å². The highest BCUT2D eigenvalue weighted by Crippen LogP contribution is 2.43. The van der Waals surface area contributed by atoms with Gasteiger partial charge in [0.2, 0.25) is 0 Å². The van der Waals surface area contributed by atoms with E-state index < -0.39 is 7.92 Å². The van der Waals surface area contributed by atoms with Crippen LogP contribution in [0.25, 0.3) is 0 Å². The molecule has 2 aromatic carbocycles. The van der Waals surface area contributed by atoms with Gasteiger partial charge in [0.25, 0.3) is 0 Å². The van der Waals surface area contributed by atoms with Crippen LogP contribution in [0.2, 0.25) is 0 Å². The van der Waals surface area contributed by atoms with Crippen LogP contribution in [0, 0.1) is 0 Å². The summed E-state index contributed by atoms with van der Waals surface area (Å²) < 4.78 is 1.11. The van der Waals surface area contributed by atoms with Crippen molar-refractivity contribution in [1.29, 1.82) is 0 Å². The number of hydrogen-bond donors (Lipinski definition) is 0. The largest absolute Gasteiger partial charge is 0.0990 e. The van der Waals surface area contributed by atoms with E-state index in [9.17, 15) is 0 Å². The Labute approximate surface area is 136 Å². The maximum atomic E-state index is 3.86. The van der Waals surface area contributed by atoms with Crippen molar-refractivity contribution in [2.75, 3.05) is 0 Å². The monoisotopic (exact) mass is 356 g/mol. The van der Waals surface area contributed by atoms with Crippen LogP contribution in [0.15, 0.2) is 95.3 Å². The normalized spacial score (nSPS) is 13.3. The van der Waals surface area contributed by atoms with Crippen LogP contribution in [0.5, 0.6) is 0 Å². The van der Waals surface area contributed by atoms with Crippen molar-refractivity contribution < 1.29 is 0 Å². The minimum absolute atomic E-state index is 0.556. The van der Waals surface area contributed by atoms with Crippen LogP contribution in [-0.2, 0) is 0 Å². The van der Waals surface area contributed by atoms with Crippen molar-refractivity contribution in [2.24, 2.45) is 0 Å². The summed E-state index contributed by atoms with van der Waals surface area (Å²) in [6.45, 7) is 5.91. The molecule has 0 saturated heterocycles. The summed E-state index contributed by atoms with van der Waals surface area (Å²) in [5.41, 5.74) is 0. The van der Waals surface area contributed by atoms with Crippen molar-refractivity contribution in [1.82, 2.24) is 0 Å². The van der Waals surface area contributed by atoms with Gasteiger partial charge in [0.1, 0.15) is 0 Å². The quantitative estimate of drug-likeness (QED) is 0.488. The molecule has 0 heterocycles. The second-order valence-corrected chi connectivity index (χ2v) is 7.61. The fourth-order valence-electron chi connectivity index (χ4n) is 2.11. The highest BCUT2D eigenvalue weighted by Gasteiger charge is 2.16. The molecule has 1 unspecified atom stereocenters. The number of benzene rings is 2. The van der Waals surface area contributed by atoms with Gasteiger partial charge in [0.15, 0.2) is 0 Å². The number of hydrogen-bond acceptors (Lipinski definition) is 0. The summed E-state index contributed by atoms with van der Waals surface area (Å²) in [5, 5.41) is 3.99. The minimum Gasteiger partial charge on any atom is -0.0990 e. The van der Waals surface area contributed by atoms with Crippen LogP contribution in [0.4, 0.5) is 0 Å². The zero-order chi connectivity index (χ0) is 15.1. The molecule has 0 bridgehead atoms. The van der Waals surface area contributed by atoms with E-state index in [1.165, 1.54) is 15.9 Å². The summed E-state index contributed by atoms with van der Waals surface area (Å²) in [5.74, 6) is 0. The van der Waals surface area contributed by atoms with Crippen LogP contribution < -0.4 is 10.6 Å². The maximum Gasteiger partial charge on any atom is 0.0175 e. The first-order valence-corrected chi connectivity index (χ1v) is 8.96. The van der Waals surface area contributed by atoms with Crippen LogP contribution >= 0.6 is 23.9 Å².